The number of carbonyl (C=O) groups excluding carboxylic acids is 5. The van der Waals surface area contributed by atoms with Gasteiger partial charge in [-0.05, 0) is 80.7 Å². The summed E-state index contributed by atoms with van der Waals surface area (Å²) in [5, 5.41) is 25.9. The molecule has 2 aromatic carbocycles. The van der Waals surface area contributed by atoms with Gasteiger partial charge < -0.3 is 53.1 Å². The van der Waals surface area contributed by atoms with E-state index >= 15 is 0 Å². The standard InChI is InChI=1S/C38H52N10O8.2H2O/c1-24(2)21-29(33(50)42-22-32(49)47-19-7-12-30(47)34(51)43-28(36(53)54)11-6-18-41-37(39)40)44-35(52)31-13-8-20-48(31)38(55)56-23-25-14-16-27(17-15-25)46-45-26-9-4-3-5-10-26;;/h3-5,9-10,14-17,24,28-31H,6-8,11-13,18-23H2,1-2H3,(H,42,50)(H,43,51)(H,44,52)(H,53,54)(H4,39,40,41);2*1H2/t28-,29-,30-,31-;;/m0../s1. The smallest absolute Gasteiger partial charge is 0.410 e. The second-order valence-electron chi connectivity index (χ2n) is 14.1. The van der Waals surface area contributed by atoms with Crippen molar-refractivity contribution in [3.05, 3.63) is 60.2 Å². The summed E-state index contributed by atoms with van der Waals surface area (Å²) < 4.78 is 5.54. The highest BCUT2D eigenvalue weighted by Crippen LogP contribution is 2.22. The van der Waals surface area contributed by atoms with Gasteiger partial charge in [0, 0.05) is 19.6 Å². The molecule has 12 N–H and O–H groups in total. The van der Waals surface area contributed by atoms with Crippen LogP contribution in [0.3, 0.4) is 0 Å². The quantitative estimate of drug-likeness (QED) is 0.0533. The number of nitrogens with two attached hydrogens (primary N) is 2. The first kappa shape index (κ1) is 48.0. The van der Waals surface area contributed by atoms with Gasteiger partial charge >= 0.3 is 12.1 Å². The van der Waals surface area contributed by atoms with Crippen molar-refractivity contribution in [2.75, 3.05) is 26.2 Å². The zero-order chi connectivity index (χ0) is 40.6. The summed E-state index contributed by atoms with van der Waals surface area (Å²) in [7, 11) is 0. The van der Waals surface area contributed by atoms with E-state index in [-0.39, 0.29) is 55.4 Å². The molecule has 2 aliphatic rings. The van der Waals surface area contributed by atoms with Gasteiger partial charge in [-0.2, -0.15) is 10.2 Å². The van der Waals surface area contributed by atoms with E-state index in [4.69, 9.17) is 16.2 Å². The van der Waals surface area contributed by atoms with Crippen molar-refractivity contribution in [3.8, 4) is 0 Å². The second kappa shape index (κ2) is 23.8. The molecule has 0 spiro atoms. The second-order valence-corrected chi connectivity index (χ2v) is 14.1. The normalized spacial score (nSPS) is 17.0. The summed E-state index contributed by atoms with van der Waals surface area (Å²) in [6.07, 6.45) is 1.79. The molecule has 0 unspecified atom stereocenters. The van der Waals surface area contributed by atoms with Gasteiger partial charge in [0.15, 0.2) is 5.96 Å². The average Bonchev–Trinajstić information content (AvgIpc) is 3.88. The van der Waals surface area contributed by atoms with Crippen LogP contribution in [0, 0.1) is 5.92 Å². The molecule has 2 aromatic rings. The minimum absolute atomic E-state index is 0. The third kappa shape index (κ3) is 14.7. The summed E-state index contributed by atoms with van der Waals surface area (Å²) in [5.74, 6) is -3.60. The highest BCUT2D eigenvalue weighted by molar-refractivity contribution is 5.95. The number of hydrogen-bond donors (Lipinski definition) is 6. The van der Waals surface area contributed by atoms with Gasteiger partial charge in [0.1, 0.15) is 30.8 Å². The molecule has 4 atom stereocenters. The third-order valence-electron chi connectivity index (χ3n) is 9.32. The SMILES string of the molecule is CC(C)C[C@H](NC(=O)[C@@H]1CCCN1C(=O)OCc1ccc(N=Nc2ccccc2)cc1)C(=O)NCC(=O)N1CCC[C@H]1C(=O)N[C@@H](CCCN=C(N)N)C(=O)O.O.O. The van der Waals surface area contributed by atoms with Crippen LogP contribution in [0.2, 0.25) is 0 Å². The Labute approximate surface area is 336 Å². The minimum atomic E-state index is -1.23. The first-order valence-electron chi connectivity index (χ1n) is 18.8. The molecule has 2 saturated heterocycles. The minimum Gasteiger partial charge on any atom is -0.480 e. The zero-order valence-electron chi connectivity index (χ0n) is 32.8. The van der Waals surface area contributed by atoms with Crippen LogP contribution in [0.5, 0.6) is 0 Å². The number of ether oxygens (including phenoxy) is 1. The number of aliphatic carboxylic acids is 1. The monoisotopic (exact) mass is 812 g/mol. The van der Waals surface area contributed by atoms with Crippen LogP contribution >= 0.6 is 0 Å². The van der Waals surface area contributed by atoms with Crippen molar-refractivity contribution in [3.63, 3.8) is 0 Å². The van der Waals surface area contributed by atoms with Crippen molar-refractivity contribution >= 4 is 53.0 Å². The lowest BCUT2D eigenvalue weighted by molar-refractivity contribution is -0.144. The fraction of sp³-hybridized carbons (Fsp3) is 0.500. The zero-order valence-corrected chi connectivity index (χ0v) is 32.8. The van der Waals surface area contributed by atoms with E-state index in [1.165, 1.54) is 9.80 Å². The Morgan fingerprint density at radius 2 is 1.40 bits per heavy atom. The maximum atomic E-state index is 13.5. The molecule has 0 saturated carbocycles. The molecule has 0 bridgehead atoms. The number of guanidine groups is 1. The van der Waals surface area contributed by atoms with E-state index in [2.05, 4.69) is 31.2 Å². The Morgan fingerprint density at radius 1 is 0.828 bits per heavy atom. The molecule has 4 rings (SSSR count). The van der Waals surface area contributed by atoms with Crippen LogP contribution in [0.1, 0.15) is 64.4 Å². The lowest BCUT2D eigenvalue weighted by Crippen LogP contribution is -2.55. The van der Waals surface area contributed by atoms with E-state index in [0.717, 1.165) is 11.3 Å². The van der Waals surface area contributed by atoms with Crippen molar-refractivity contribution < 1.29 is 49.6 Å². The number of benzene rings is 2. The number of carboxylic acid groups (broad SMARTS) is 1. The number of nitrogens with one attached hydrogen (secondary N) is 3. The van der Waals surface area contributed by atoms with Gasteiger partial charge in [-0.3, -0.25) is 29.1 Å². The highest BCUT2D eigenvalue weighted by atomic mass is 16.6. The number of nitrogens with zero attached hydrogens (tertiary/aromatic N) is 5. The topological polar surface area (TPSA) is 327 Å². The fourth-order valence-corrected chi connectivity index (χ4v) is 6.48. The highest BCUT2D eigenvalue weighted by Gasteiger charge is 2.38. The average molecular weight is 813 g/mol. The van der Waals surface area contributed by atoms with Crippen LogP contribution in [0.25, 0.3) is 0 Å². The van der Waals surface area contributed by atoms with Gasteiger partial charge in [-0.1, -0.05) is 44.2 Å². The number of hydrogen-bond acceptors (Lipinski definition) is 10. The van der Waals surface area contributed by atoms with Gasteiger partial charge in [0.25, 0.3) is 0 Å². The summed E-state index contributed by atoms with van der Waals surface area (Å²) in [6, 6.07) is 12.4. The van der Waals surface area contributed by atoms with Gasteiger partial charge in [-0.25, -0.2) is 9.59 Å². The van der Waals surface area contributed by atoms with Crippen molar-refractivity contribution in [2.45, 2.75) is 89.6 Å². The Bertz CT molecular complexity index is 1740. The molecule has 0 aromatic heterocycles. The van der Waals surface area contributed by atoms with Gasteiger partial charge in [0.05, 0.1) is 17.9 Å². The number of carbonyl (C=O) groups is 6. The summed E-state index contributed by atoms with van der Waals surface area (Å²) in [4.78, 5) is 84.6. The van der Waals surface area contributed by atoms with Gasteiger partial charge in [0.2, 0.25) is 23.6 Å². The molecule has 0 radical (unpaired) electrons. The lowest BCUT2D eigenvalue weighted by Gasteiger charge is -2.27. The number of likely N-dealkylation sites (tertiary alicyclic amines) is 2. The summed E-state index contributed by atoms with van der Waals surface area (Å²) in [5.41, 5.74) is 12.7. The van der Waals surface area contributed by atoms with E-state index in [1.54, 1.807) is 24.3 Å². The number of carboxylic acids is 1. The molecule has 20 nitrogen and oxygen atoms in total. The number of azo groups is 1. The number of rotatable bonds is 18. The molecule has 20 heteroatoms. The van der Waals surface area contributed by atoms with E-state index in [9.17, 15) is 33.9 Å². The molecule has 5 amide bonds. The van der Waals surface area contributed by atoms with Crippen LogP contribution in [-0.2, 0) is 35.3 Å². The van der Waals surface area contributed by atoms with Crippen LogP contribution < -0.4 is 27.4 Å². The van der Waals surface area contributed by atoms with Gasteiger partial charge in [-0.15, -0.1) is 0 Å². The number of aliphatic imine (C=N–C) groups is 1. The Hall–Kier alpha value is -6.15. The first-order valence-corrected chi connectivity index (χ1v) is 18.8. The van der Waals surface area contributed by atoms with Crippen molar-refractivity contribution in [2.24, 2.45) is 32.6 Å². The van der Waals surface area contributed by atoms with Crippen LogP contribution in [0.4, 0.5) is 16.2 Å². The van der Waals surface area contributed by atoms with E-state index in [1.807, 2.05) is 44.2 Å². The van der Waals surface area contributed by atoms with Crippen molar-refractivity contribution in [1.82, 2.24) is 25.8 Å². The molecule has 0 aliphatic carbocycles. The Kier molecular flexibility index (Phi) is 19.7. The fourth-order valence-electron chi connectivity index (χ4n) is 6.48. The summed E-state index contributed by atoms with van der Waals surface area (Å²) in [6.45, 7) is 4.06. The third-order valence-corrected chi connectivity index (χ3v) is 9.32. The first-order chi connectivity index (χ1) is 26.8. The lowest BCUT2D eigenvalue weighted by atomic mass is 10.0. The maximum Gasteiger partial charge on any atom is 0.410 e. The largest absolute Gasteiger partial charge is 0.480 e. The van der Waals surface area contributed by atoms with Crippen LogP contribution in [0.15, 0.2) is 69.8 Å². The molecule has 318 valence electrons. The maximum absolute atomic E-state index is 13.5. The van der Waals surface area contributed by atoms with E-state index in [0.29, 0.717) is 44.3 Å². The Balaban J connectivity index is 0.00000580. The number of amides is 5. The molecule has 58 heavy (non-hydrogen) atoms. The van der Waals surface area contributed by atoms with E-state index < -0.39 is 66.4 Å². The molecular weight excluding hydrogens is 756 g/mol. The molecule has 2 fully saturated rings. The van der Waals surface area contributed by atoms with Crippen molar-refractivity contribution in [1.29, 1.82) is 0 Å². The summed E-state index contributed by atoms with van der Waals surface area (Å²) >= 11 is 0. The molecular formula is C38H56N10O10. The predicted octanol–water partition coefficient (Wildman–Crippen LogP) is 0.815. The predicted molar refractivity (Wildman–Crippen MR) is 213 cm³/mol. The van der Waals surface area contributed by atoms with Crippen LogP contribution in [-0.4, -0.2) is 118 Å². The molecule has 2 aliphatic heterocycles. The Morgan fingerprint density at radius 3 is 1.98 bits per heavy atom. The molecule has 2 heterocycles.